The van der Waals surface area contributed by atoms with Crippen LogP contribution in [0.5, 0.6) is 5.75 Å². The summed E-state index contributed by atoms with van der Waals surface area (Å²) in [6.07, 6.45) is 5.75. The van der Waals surface area contributed by atoms with E-state index in [9.17, 15) is 9.90 Å². The SMILES string of the molecule is CC1=C2Cc3cc(ccc3O)C(=O)OC(C)(C)[C@H](Br)C[C@]3(C)OC3CC[C@]2(C)[C@@H](Br)CC1. The maximum absolute atomic E-state index is 13.0. The molecule has 6 heteroatoms. The van der Waals surface area contributed by atoms with E-state index < -0.39 is 5.60 Å². The average Bonchev–Trinajstić information content (AvgIpc) is 3.36. The lowest BCUT2D eigenvalue weighted by Gasteiger charge is -2.42. The predicted molar refractivity (Wildman–Crippen MR) is 134 cm³/mol. The number of hydrogen-bond acceptors (Lipinski definition) is 4. The van der Waals surface area contributed by atoms with Crippen molar-refractivity contribution in [3.05, 3.63) is 40.5 Å². The Morgan fingerprint density at radius 3 is 2.53 bits per heavy atom. The summed E-state index contributed by atoms with van der Waals surface area (Å²) in [4.78, 5) is 13.4. The highest BCUT2D eigenvalue weighted by molar-refractivity contribution is 9.09. The second-order valence-electron chi connectivity index (χ2n) is 10.8. The summed E-state index contributed by atoms with van der Waals surface area (Å²) in [7, 11) is 0. The molecule has 1 saturated heterocycles. The number of benzene rings is 1. The molecule has 176 valence electrons. The van der Waals surface area contributed by atoms with Gasteiger partial charge in [0.15, 0.2) is 0 Å². The molecule has 0 radical (unpaired) electrons. The highest BCUT2D eigenvalue weighted by Crippen LogP contribution is 2.53. The van der Waals surface area contributed by atoms with Gasteiger partial charge in [0.05, 0.1) is 22.1 Å². The minimum absolute atomic E-state index is 0.0363. The Bertz CT molecular complexity index is 955. The molecule has 0 saturated carbocycles. The van der Waals surface area contributed by atoms with Gasteiger partial charge in [-0.2, -0.15) is 0 Å². The Kier molecular flexibility index (Phi) is 6.39. The molecule has 1 aromatic rings. The standard InChI is InChI=1S/C26H34Br2O4/c1-15-6-9-20(27)25(4)11-10-22-26(5,31-22)14-21(28)24(2,3)32-23(30)16-7-8-19(29)17(12-16)13-18(15)25/h7-8,12,20-22,29H,6,9-11,13-14H2,1-5H3/t20-,21+,22?,25-,26-/m0/s1. The van der Waals surface area contributed by atoms with Crippen LogP contribution < -0.4 is 0 Å². The van der Waals surface area contributed by atoms with Crippen molar-refractivity contribution in [1.82, 2.24) is 0 Å². The number of allylic oxidation sites excluding steroid dienone is 2. The van der Waals surface area contributed by atoms with Crippen LogP contribution >= 0.6 is 31.9 Å². The molecule has 1 unspecified atom stereocenters. The first-order valence-corrected chi connectivity index (χ1v) is 13.4. The summed E-state index contributed by atoms with van der Waals surface area (Å²) in [6.45, 7) is 10.6. The summed E-state index contributed by atoms with van der Waals surface area (Å²) >= 11 is 7.78. The van der Waals surface area contributed by atoms with Gasteiger partial charge in [-0.1, -0.05) is 49.9 Å². The van der Waals surface area contributed by atoms with Crippen molar-refractivity contribution in [3.63, 3.8) is 0 Å². The summed E-state index contributed by atoms with van der Waals surface area (Å²) < 4.78 is 12.1. The molecule has 1 N–H and O–H groups in total. The number of esters is 1. The molecule has 3 aliphatic rings. The van der Waals surface area contributed by atoms with Crippen molar-refractivity contribution >= 4 is 37.8 Å². The maximum Gasteiger partial charge on any atom is 0.338 e. The molecule has 0 aromatic heterocycles. The molecule has 1 aromatic carbocycles. The van der Waals surface area contributed by atoms with Crippen LogP contribution in [0.15, 0.2) is 29.3 Å². The van der Waals surface area contributed by atoms with Crippen molar-refractivity contribution in [1.29, 1.82) is 0 Å². The predicted octanol–water partition coefficient (Wildman–Crippen LogP) is 6.86. The van der Waals surface area contributed by atoms with E-state index >= 15 is 0 Å². The Labute approximate surface area is 208 Å². The van der Waals surface area contributed by atoms with Gasteiger partial charge in [-0.3, -0.25) is 0 Å². The maximum atomic E-state index is 13.0. The molecule has 0 amide bonds. The topological polar surface area (TPSA) is 59.1 Å². The number of rotatable bonds is 0. The van der Waals surface area contributed by atoms with Gasteiger partial charge in [0.25, 0.3) is 0 Å². The van der Waals surface area contributed by atoms with Gasteiger partial charge in [-0.05, 0) is 90.0 Å². The third-order valence-electron chi connectivity index (χ3n) is 8.01. The molecule has 2 aliphatic heterocycles. The first-order valence-electron chi connectivity index (χ1n) is 11.6. The lowest BCUT2D eigenvalue weighted by molar-refractivity contribution is -0.00380. The van der Waals surface area contributed by atoms with E-state index in [-0.39, 0.29) is 33.7 Å². The fourth-order valence-corrected chi connectivity index (χ4v) is 6.89. The Morgan fingerprint density at radius 2 is 1.81 bits per heavy atom. The summed E-state index contributed by atoms with van der Waals surface area (Å²) in [5, 5.41) is 10.6. The molecule has 1 aliphatic carbocycles. The zero-order valence-corrected chi connectivity index (χ0v) is 22.8. The minimum atomic E-state index is -0.700. The summed E-state index contributed by atoms with van der Waals surface area (Å²) in [6, 6.07) is 5.07. The number of epoxide rings is 1. The van der Waals surface area contributed by atoms with Crippen molar-refractivity contribution in [3.8, 4) is 5.75 Å². The van der Waals surface area contributed by atoms with Crippen LogP contribution in [0.25, 0.3) is 0 Å². The van der Waals surface area contributed by atoms with Crippen molar-refractivity contribution in [2.24, 2.45) is 5.41 Å². The van der Waals surface area contributed by atoms with E-state index in [1.54, 1.807) is 18.2 Å². The largest absolute Gasteiger partial charge is 0.508 e. The van der Waals surface area contributed by atoms with E-state index in [2.05, 4.69) is 52.6 Å². The number of carbonyl (C=O) groups excluding carboxylic acids is 1. The number of aromatic hydroxyl groups is 1. The molecular weight excluding hydrogens is 536 g/mol. The fraction of sp³-hybridized carbons (Fsp3) is 0.654. The van der Waals surface area contributed by atoms with Gasteiger partial charge in [0, 0.05) is 10.2 Å². The van der Waals surface area contributed by atoms with E-state index in [1.807, 2.05) is 13.8 Å². The first-order chi connectivity index (χ1) is 14.9. The van der Waals surface area contributed by atoms with Gasteiger partial charge < -0.3 is 14.6 Å². The fourth-order valence-electron chi connectivity index (χ4n) is 5.42. The minimum Gasteiger partial charge on any atom is -0.508 e. The quantitative estimate of drug-likeness (QED) is 0.160. The van der Waals surface area contributed by atoms with Crippen molar-refractivity contribution < 1.29 is 19.4 Å². The lowest BCUT2D eigenvalue weighted by atomic mass is 9.66. The Morgan fingerprint density at radius 1 is 1.09 bits per heavy atom. The van der Waals surface area contributed by atoms with Gasteiger partial charge in [-0.25, -0.2) is 4.79 Å². The van der Waals surface area contributed by atoms with Crippen molar-refractivity contribution in [2.45, 2.75) is 100 Å². The monoisotopic (exact) mass is 568 g/mol. The molecule has 4 rings (SSSR count). The third kappa shape index (κ3) is 4.44. The molecule has 2 heterocycles. The van der Waals surface area contributed by atoms with Crippen LogP contribution in [0.2, 0.25) is 0 Å². The van der Waals surface area contributed by atoms with E-state index in [4.69, 9.17) is 9.47 Å². The molecule has 4 nitrogen and oxygen atoms in total. The number of hydrogen-bond donors (Lipinski definition) is 1. The number of phenolic OH excluding ortho intramolecular Hbond substituents is 1. The molecule has 5 atom stereocenters. The highest BCUT2D eigenvalue weighted by atomic mass is 79.9. The van der Waals surface area contributed by atoms with Crippen LogP contribution in [-0.2, 0) is 15.9 Å². The van der Waals surface area contributed by atoms with E-state index in [0.29, 0.717) is 16.8 Å². The van der Waals surface area contributed by atoms with Crippen LogP contribution in [-0.4, -0.2) is 38.0 Å². The van der Waals surface area contributed by atoms with Gasteiger partial charge in [0.1, 0.15) is 11.4 Å². The second-order valence-corrected chi connectivity index (χ2v) is 13.0. The smallest absolute Gasteiger partial charge is 0.338 e. The van der Waals surface area contributed by atoms with Crippen molar-refractivity contribution in [2.75, 3.05) is 0 Å². The summed E-state index contributed by atoms with van der Waals surface area (Å²) in [5.74, 6) is -0.148. The lowest BCUT2D eigenvalue weighted by Crippen LogP contribution is -2.40. The number of fused-ring (bicyclic) bond motifs is 4. The second kappa shape index (κ2) is 8.42. The number of alkyl halides is 2. The van der Waals surface area contributed by atoms with E-state index in [0.717, 1.165) is 37.7 Å². The first kappa shape index (κ1) is 24.3. The Balaban J connectivity index is 1.77. The van der Waals surface area contributed by atoms with E-state index in [1.165, 1.54) is 11.1 Å². The van der Waals surface area contributed by atoms with Crippen LogP contribution in [0.4, 0.5) is 0 Å². The van der Waals surface area contributed by atoms with Gasteiger partial charge in [0.2, 0.25) is 0 Å². The normalized spacial score (nSPS) is 37.5. The Hall–Kier alpha value is -0.850. The van der Waals surface area contributed by atoms with Crippen LogP contribution in [0, 0.1) is 5.41 Å². The zero-order valence-electron chi connectivity index (χ0n) is 19.6. The zero-order chi connectivity index (χ0) is 23.5. The van der Waals surface area contributed by atoms with Crippen LogP contribution in [0.1, 0.15) is 82.6 Å². The number of carbonyl (C=O) groups is 1. The molecule has 0 spiro atoms. The third-order valence-corrected chi connectivity index (χ3v) is 10.9. The van der Waals surface area contributed by atoms with Crippen LogP contribution in [0.3, 0.4) is 0 Å². The number of halogens is 2. The highest BCUT2D eigenvalue weighted by Gasteiger charge is 2.55. The molecule has 2 bridgehead atoms. The van der Waals surface area contributed by atoms with Gasteiger partial charge >= 0.3 is 5.97 Å². The summed E-state index contributed by atoms with van der Waals surface area (Å²) in [5.41, 5.74) is 3.05. The number of cyclic esters (lactones) is 1. The molecular formula is C26H34Br2O4. The molecule has 1 fully saturated rings. The average molecular weight is 570 g/mol. The van der Waals surface area contributed by atoms with Gasteiger partial charge in [-0.15, -0.1) is 0 Å². The number of ether oxygens (including phenoxy) is 2. The number of phenols is 1. The molecule has 32 heavy (non-hydrogen) atoms.